The summed E-state index contributed by atoms with van der Waals surface area (Å²) in [4.78, 5) is 18.0. The Morgan fingerprint density at radius 1 is 1.22 bits per heavy atom. The fourth-order valence-electron chi connectivity index (χ4n) is 3.07. The summed E-state index contributed by atoms with van der Waals surface area (Å²) in [5.74, 6) is 1.46. The van der Waals surface area contributed by atoms with E-state index in [1.807, 2.05) is 14.0 Å². The van der Waals surface area contributed by atoms with E-state index in [9.17, 15) is 4.79 Å². The SMILES string of the molecule is CCOC(=O)CCCCCCNC(=NC)N1CCC(COCCOC)C1.I. The first kappa shape index (κ1) is 26.4. The fraction of sp³-hybridized carbons (Fsp3) is 0.895. The van der Waals surface area contributed by atoms with Crippen LogP contribution in [0.25, 0.3) is 0 Å². The van der Waals surface area contributed by atoms with E-state index in [0.717, 1.165) is 64.3 Å². The third kappa shape index (κ3) is 12.5. The summed E-state index contributed by atoms with van der Waals surface area (Å²) < 4.78 is 15.6. The maximum absolute atomic E-state index is 11.3. The van der Waals surface area contributed by atoms with Gasteiger partial charge in [-0.2, -0.15) is 0 Å². The Morgan fingerprint density at radius 2 is 2.00 bits per heavy atom. The Balaban J connectivity index is 0.00000676. The molecular formula is C19H38IN3O4. The highest BCUT2D eigenvalue weighted by Gasteiger charge is 2.24. The van der Waals surface area contributed by atoms with E-state index in [2.05, 4.69) is 15.2 Å². The second-order valence-electron chi connectivity index (χ2n) is 6.61. The molecule has 0 aliphatic carbocycles. The van der Waals surface area contributed by atoms with Crippen molar-refractivity contribution in [2.45, 2.75) is 45.4 Å². The van der Waals surface area contributed by atoms with Crippen molar-refractivity contribution in [1.82, 2.24) is 10.2 Å². The normalized spacial score (nSPS) is 16.9. The minimum absolute atomic E-state index is 0. The van der Waals surface area contributed by atoms with E-state index in [1.165, 1.54) is 0 Å². The molecule has 160 valence electrons. The van der Waals surface area contributed by atoms with E-state index >= 15 is 0 Å². The van der Waals surface area contributed by atoms with Crippen molar-refractivity contribution in [3.63, 3.8) is 0 Å². The number of carbonyl (C=O) groups is 1. The Kier molecular flexibility index (Phi) is 17.1. The van der Waals surface area contributed by atoms with Crippen LogP contribution in [0.5, 0.6) is 0 Å². The van der Waals surface area contributed by atoms with E-state index in [4.69, 9.17) is 14.2 Å². The Morgan fingerprint density at radius 3 is 2.70 bits per heavy atom. The van der Waals surface area contributed by atoms with Gasteiger partial charge in [-0.15, -0.1) is 24.0 Å². The zero-order chi connectivity index (χ0) is 19.0. The maximum atomic E-state index is 11.3. The van der Waals surface area contributed by atoms with Crippen LogP contribution in [0, 0.1) is 5.92 Å². The van der Waals surface area contributed by atoms with Gasteiger partial charge in [-0.3, -0.25) is 9.79 Å². The second kappa shape index (κ2) is 17.5. The van der Waals surface area contributed by atoms with Gasteiger partial charge in [0.1, 0.15) is 0 Å². The van der Waals surface area contributed by atoms with Crippen molar-refractivity contribution in [3.8, 4) is 0 Å². The Bertz CT molecular complexity index is 410. The number of nitrogens with zero attached hydrogens (tertiary/aromatic N) is 2. The number of aliphatic imine (C=N–C) groups is 1. The lowest BCUT2D eigenvalue weighted by molar-refractivity contribution is -0.143. The van der Waals surface area contributed by atoms with E-state index < -0.39 is 0 Å². The van der Waals surface area contributed by atoms with Gasteiger partial charge in [-0.1, -0.05) is 12.8 Å². The molecule has 1 rings (SSSR count). The number of carbonyl (C=O) groups excluding carboxylic acids is 1. The van der Waals surface area contributed by atoms with Crippen LogP contribution in [0.1, 0.15) is 45.4 Å². The summed E-state index contributed by atoms with van der Waals surface area (Å²) in [5, 5.41) is 3.45. The van der Waals surface area contributed by atoms with Gasteiger partial charge in [0.2, 0.25) is 0 Å². The number of methoxy groups -OCH3 is 1. The lowest BCUT2D eigenvalue weighted by Gasteiger charge is -2.21. The zero-order valence-electron chi connectivity index (χ0n) is 17.2. The third-order valence-electron chi connectivity index (χ3n) is 4.48. The first-order valence-corrected chi connectivity index (χ1v) is 9.89. The van der Waals surface area contributed by atoms with Gasteiger partial charge < -0.3 is 24.4 Å². The summed E-state index contributed by atoms with van der Waals surface area (Å²) in [6, 6.07) is 0. The van der Waals surface area contributed by atoms with Crippen molar-refractivity contribution in [2.24, 2.45) is 10.9 Å². The van der Waals surface area contributed by atoms with Gasteiger partial charge in [-0.25, -0.2) is 0 Å². The molecule has 1 aliphatic heterocycles. The lowest BCUT2D eigenvalue weighted by Crippen LogP contribution is -2.40. The highest BCUT2D eigenvalue weighted by molar-refractivity contribution is 14.0. The number of hydrogen-bond donors (Lipinski definition) is 1. The van der Waals surface area contributed by atoms with Gasteiger partial charge >= 0.3 is 5.97 Å². The number of halogens is 1. The first-order valence-electron chi connectivity index (χ1n) is 9.89. The molecule has 1 unspecified atom stereocenters. The molecule has 1 saturated heterocycles. The second-order valence-corrected chi connectivity index (χ2v) is 6.61. The summed E-state index contributed by atoms with van der Waals surface area (Å²) in [5.41, 5.74) is 0. The first-order chi connectivity index (χ1) is 12.7. The minimum Gasteiger partial charge on any atom is -0.466 e. The number of ether oxygens (including phenoxy) is 3. The number of esters is 1. The average molecular weight is 499 g/mol. The highest BCUT2D eigenvalue weighted by Crippen LogP contribution is 2.16. The standard InChI is InChI=1S/C19H37N3O4.HI/c1-4-26-18(23)9-7-5-6-8-11-21-19(20-2)22-12-10-17(15-22)16-25-14-13-24-3;/h17H,4-16H2,1-3H3,(H,20,21);1H. The van der Waals surface area contributed by atoms with Gasteiger partial charge in [0, 0.05) is 46.1 Å². The van der Waals surface area contributed by atoms with Crippen molar-refractivity contribution in [1.29, 1.82) is 0 Å². The summed E-state index contributed by atoms with van der Waals surface area (Å²) in [6.45, 7) is 7.35. The molecule has 0 radical (unpaired) electrons. The quantitative estimate of drug-likeness (QED) is 0.138. The fourth-order valence-corrected chi connectivity index (χ4v) is 3.07. The summed E-state index contributed by atoms with van der Waals surface area (Å²) in [7, 11) is 3.53. The molecule has 1 N–H and O–H groups in total. The molecule has 27 heavy (non-hydrogen) atoms. The van der Waals surface area contributed by atoms with E-state index in [1.54, 1.807) is 7.11 Å². The highest BCUT2D eigenvalue weighted by atomic mass is 127. The van der Waals surface area contributed by atoms with Crippen molar-refractivity contribution < 1.29 is 19.0 Å². The lowest BCUT2D eigenvalue weighted by atomic mass is 10.1. The Hall–Kier alpha value is -0.610. The number of unbranched alkanes of at least 4 members (excludes halogenated alkanes) is 3. The molecule has 1 fully saturated rings. The molecule has 0 aromatic heterocycles. The van der Waals surface area contributed by atoms with Gasteiger partial charge in [-0.05, 0) is 26.2 Å². The number of likely N-dealkylation sites (tertiary alicyclic amines) is 1. The minimum atomic E-state index is -0.0826. The molecule has 0 aromatic carbocycles. The molecule has 0 saturated carbocycles. The van der Waals surface area contributed by atoms with Gasteiger partial charge in [0.25, 0.3) is 0 Å². The third-order valence-corrected chi connectivity index (χ3v) is 4.48. The molecule has 0 bridgehead atoms. The topological polar surface area (TPSA) is 72.4 Å². The molecule has 0 spiro atoms. The largest absolute Gasteiger partial charge is 0.466 e. The van der Waals surface area contributed by atoms with Crippen molar-refractivity contribution in [2.75, 3.05) is 60.2 Å². The van der Waals surface area contributed by atoms with Crippen LogP contribution in [-0.2, 0) is 19.0 Å². The van der Waals surface area contributed by atoms with Crippen LogP contribution in [0.15, 0.2) is 4.99 Å². The average Bonchev–Trinajstić information content (AvgIpc) is 3.10. The molecule has 7 nitrogen and oxygen atoms in total. The summed E-state index contributed by atoms with van der Waals surface area (Å²) >= 11 is 0. The number of rotatable bonds is 13. The molecular weight excluding hydrogens is 461 g/mol. The molecule has 1 aliphatic rings. The van der Waals surface area contributed by atoms with Crippen LogP contribution >= 0.6 is 24.0 Å². The predicted molar refractivity (Wildman–Crippen MR) is 119 cm³/mol. The van der Waals surface area contributed by atoms with Crippen LogP contribution in [0.4, 0.5) is 0 Å². The van der Waals surface area contributed by atoms with Crippen molar-refractivity contribution in [3.05, 3.63) is 0 Å². The number of hydrogen-bond acceptors (Lipinski definition) is 5. The summed E-state index contributed by atoms with van der Waals surface area (Å²) in [6.07, 6.45) is 5.83. The van der Waals surface area contributed by atoms with Crippen LogP contribution in [0.2, 0.25) is 0 Å². The monoisotopic (exact) mass is 499 g/mol. The Labute approximate surface area is 181 Å². The zero-order valence-corrected chi connectivity index (χ0v) is 19.5. The molecule has 0 aromatic rings. The molecule has 8 heteroatoms. The number of guanidine groups is 1. The van der Waals surface area contributed by atoms with Crippen LogP contribution in [0.3, 0.4) is 0 Å². The van der Waals surface area contributed by atoms with E-state index in [-0.39, 0.29) is 29.9 Å². The smallest absolute Gasteiger partial charge is 0.305 e. The van der Waals surface area contributed by atoms with Crippen LogP contribution in [-0.4, -0.2) is 77.0 Å². The molecule has 1 heterocycles. The maximum Gasteiger partial charge on any atom is 0.305 e. The number of nitrogens with one attached hydrogen (secondary N) is 1. The van der Waals surface area contributed by atoms with Gasteiger partial charge in [0.05, 0.1) is 26.4 Å². The van der Waals surface area contributed by atoms with Crippen LogP contribution < -0.4 is 5.32 Å². The van der Waals surface area contributed by atoms with Gasteiger partial charge in [0.15, 0.2) is 5.96 Å². The molecule has 0 amide bonds. The molecule has 1 atom stereocenters. The van der Waals surface area contributed by atoms with Crippen molar-refractivity contribution >= 4 is 35.9 Å². The van der Waals surface area contributed by atoms with E-state index in [0.29, 0.717) is 32.2 Å². The predicted octanol–water partition coefficient (Wildman–Crippen LogP) is 2.68.